The Labute approximate surface area is 148 Å². The van der Waals surface area contributed by atoms with Gasteiger partial charge >= 0.3 is 0 Å². The van der Waals surface area contributed by atoms with E-state index >= 15 is 0 Å². The molecule has 1 aromatic carbocycles. The lowest BCUT2D eigenvalue weighted by molar-refractivity contribution is 0.0924. The first-order valence-electron chi connectivity index (χ1n) is 7.69. The van der Waals surface area contributed by atoms with E-state index in [-0.39, 0.29) is 17.3 Å². The summed E-state index contributed by atoms with van der Waals surface area (Å²) in [6.07, 6.45) is 1.15. The van der Waals surface area contributed by atoms with Gasteiger partial charge in [0, 0.05) is 12.7 Å². The van der Waals surface area contributed by atoms with Crippen LogP contribution in [0.25, 0.3) is 22.8 Å². The SMILES string of the molecule is Nc1c(F)c(F)c(-c2nccc(-c3cc4n(n3)CCNC4=O)n2)c(F)c1F. The van der Waals surface area contributed by atoms with Crippen molar-refractivity contribution >= 4 is 11.6 Å². The summed E-state index contributed by atoms with van der Waals surface area (Å²) in [4.78, 5) is 19.4. The molecular formula is C16H10F4N6O. The predicted molar refractivity (Wildman–Crippen MR) is 85.3 cm³/mol. The highest BCUT2D eigenvalue weighted by Gasteiger charge is 2.27. The maximum Gasteiger partial charge on any atom is 0.269 e. The van der Waals surface area contributed by atoms with E-state index in [1.165, 1.54) is 16.8 Å². The highest BCUT2D eigenvalue weighted by Crippen LogP contribution is 2.32. The van der Waals surface area contributed by atoms with E-state index < -0.39 is 40.3 Å². The highest BCUT2D eigenvalue weighted by molar-refractivity contribution is 5.94. The normalized spacial score (nSPS) is 13.4. The number of rotatable bonds is 2. The van der Waals surface area contributed by atoms with Gasteiger partial charge in [-0.3, -0.25) is 9.48 Å². The second-order valence-corrected chi connectivity index (χ2v) is 5.70. The van der Waals surface area contributed by atoms with Crippen LogP contribution in [0.2, 0.25) is 0 Å². The number of hydrogen-bond acceptors (Lipinski definition) is 5. The van der Waals surface area contributed by atoms with Crippen molar-refractivity contribution in [2.45, 2.75) is 6.54 Å². The lowest BCUT2D eigenvalue weighted by Gasteiger charge is -2.13. The van der Waals surface area contributed by atoms with Gasteiger partial charge in [-0.25, -0.2) is 27.5 Å². The van der Waals surface area contributed by atoms with Gasteiger partial charge in [0.15, 0.2) is 29.1 Å². The first-order chi connectivity index (χ1) is 12.9. The van der Waals surface area contributed by atoms with Gasteiger partial charge in [-0.15, -0.1) is 0 Å². The van der Waals surface area contributed by atoms with Gasteiger partial charge in [0.2, 0.25) is 0 Å². The third-order valence-corrected chi connectivity index (χ3v) is 4.06. The Balaban J connectivity index is 1.85. The molecule has 1 aliphatic heterocycles. The molecule has 0 aliphatic carbocycles. The molecule has 0 fully saturated rings. The first kappa shape index (κ1) is 16.9. The van der Waals surface area contributed by atoms with Gasteiger partial charge in [-0.05, 0) is 12.1 Å². The van der Waals surface area contributed by atoms with E-state index in [2.05, 4.69) is 20.4 Å². The quantitative estimate of drug-likeness (QED) is 0.403. The molecule has 0 bridgehead atoms. The summed E-state index contributed by atoms with van der Waals surface area (Å²) in [5.74, 6) is -7.78. The molecule has 11 heteroatoms. The van der Waals surface area contributed by atoms with Crippen LogP contribution in [0.5, 0.6) is 0 Å². The fourth-order valence-corrected chi connectivity index (χ4v) is 2.73. The van der Waals surface area contributed by atoms with Gasteiger partial charge in [-0.1, -0.05) is 0 Å². The molecule has 7 nitrogen and oxygen atoms in total. The van der Waals surface area contributed by atoms with Crippen LogP contribution in [0.3, 0.4) is 0 Å². The van der Waals surface area contributed by atoms with Crippen LogP contribution in [0.4, 0.5) is 23.2 Å². The second-order valence-electron chi connectivity index (χ2n) is 5.70. The van der Waals surface area contributed by atoms with E-state index in [4.69, 9.17) is 5.73 Å². The van der Waals surface area contributed by atoms with Crippen molar-refractivity contribution in [1.82, 2.24) is 25.1 Å². The molecule has 0 atom stereocenters. The number of halogens is 4. The molecule has 3 aromatic rings. The second kappa shape index (κ2) is 6.04. The molecule has 1 amide bonds. The Morgan fingerprint density at radius 3 is 2.44 bits per heavy atom. The smallest absolute Gasteiger partial charge is 0.269 e. The number of carbonyl (C=O) groups excluding carboxylic acids is 1. The number of aromatic nitrogens is 4. The van der Waals surface area contributed by atoms with Crippen molar-refractivity contribution in [2.75, 3.05) is 12.3 Å². The molecule has 138 valence electrons. The summed E-state index contributed by atoms with van der Waals surface area (Å²) in [5, 5.41) is 6.86. The first-order valence-corrected chi connectivity index (χ1v) is 7.69. The summed E-state index contributed by atoms with van der Waals surface area (Å²) in [7, 11) is 0. The zero-order valence-electron chi connectivity index (χ0n) is 13.4. The van der Waals surface area contributed by atoms with Crippen LogP contribution in [-0.4, -0.2) is 32.2 Å². The van der Waals surface area contributed by atoms with Crippen molar-refractivity contribution in [3.8, 4) is 22.8 Å². The number of anilines is 1. The van der Waals surface area contributed by atoms with Crippen molar-refractivity contribution < 1.29 is 22.4 Å². The number of hydrogen-bond donors (Lipinski definition) is 2. The summed E-state index contributed by atoms with van der Waals surface area (Å²) < 4.78 is 57.2. The molecule has 0 unspecified atom stereocenters. The van der Waals surface area contributed by atoms with Crippen LogP contribution in [0, 0.1) is 23.3 Å². The van der Waals surface area contributed by atoms with Crippen LogP contribution >= 0.6 is 0 Å². The molecule has 0 spiro atoms. The van der Waals surface area contributed by atoms with Crippen LogP contribution in [0.15, 0.2) is 18.3 Å². The molecular weight excluding hydrogens is 368 g/mol. The number of nitrogen functional groups attached to an aromatic ring is 1. The molecule has 27 heavy (non-hydrogen) atoms. The highest BCUT2D eigenvalue weighted by atomic mass is 19.2. The maximum absolute atomic E-state index is 14.1. The van der Waals surface area contributed by atoms with E-state index in [1.54, 1.807) is 0 Å². The molecule has 0 radical (unpaired) electrons. The number of carbonyl (C=O) groups is 1. The zero-order chi connectivity index (χ0) is 19.3. The fourth-order valence-electron chi connectivity index (χ4n) is 2.73. The van der Waals surface area contributed by atoms with Gasteiger partial charge in [0.1, 0.15) is 17.1 Å². The number of fused-ring (bicyclic) bond motifs is 1. The summed E-state index contributed by atoms with van der Waals surface area (Å²) in [5.41, 5.74) is 3.30. The van der Waals surface area contributed by atoms with Gasteiger partial charge < -0.3 is 11.1 Å². The summed E-state index contributed by atoms with van der Waals surface area (Å²) in [6.45, 7) is 0.846. The van der Waals surface area contributed by atoms with E-state index in [1.807, 2.05) is 0 Å². The molecule has 0 saturated heterocycles. The third-order valence-electron chi connectivity index (χ3n) is 4.06. The van der Waals surface area contributed by atoms with E-state index in [0.29, 0.717) is 18.8 Å². The number of nitrogens with one attached hydrogen (secondary N) is 1. The standard InChI is InChI=1S/C16H10F4N6O/c17-10-9(11(18)13(20)14(21)12(10)19)15-22-2-1-6(24-15)7-5-8-16(27)23-3-4-26(8)25-7/h1-2,5H,3-4,21H2,(H,23,27). The minimum absolute atomic E-state index is 0.117. The largest absolute Gasteiger partial charge is 0.394 e. The predicted octanol–water partition coefficient (Wildman–Crippen LogP) is 1.89. The molecule has 0 saturated carbocycles. The Kier molecular flexibility index (Phi) is 3.79. The lowest BCUT2D eigenvalue weighted by atomic mass is 10.1. The van der Waals surface area contributed by atoms with Crippen LogP contribution in [0.1, 0.15) is 10.5 Å². The van der Waals surface area contributed by atoms with Gasteiger partial charge in [-0.2, -0.15) is 5.10 Å². The topological polar surface area (TPSA) is 98.7 Å². The average molecular weight is 378 g/mol. The Morgan fingerprint density at radius 2 is 1.78 bits per heavy atom. The van der Waals surface area contributed by atoms with Crippen molar-refractivity contribution in [3.63, 3.8) is 0 Å². The molecule has 3 N–H and O–H groups in total. The Morgan fingerprint density at radius 1 is 1.07 bits per heavy atom. The number of nitrogens with zero attached hydrogens (tertiary/aromatic N) is 4. The summed E-state index contributed by atoms with van der Waals surface area (Å²) in [6, 6.07) is 2.83. The minimum Gasteiger partial charge on any atom is -0.394 e. The van der Waals surface area contributed by atoms with Crippen molar-refractivity contribution in [1.29, 1.82) is 0 Å². The van der Waals surface area contributed by atoms with E-state index in [9.17, 15) is 22.4 Å². The van der Waals surface area contributed by atoms with Crippen molar-refractivity contribution in [3.05, 3.63) is 47.3 Å². The average Bonchev–Trinajstić information content (AvgIpc) is 3.11. The number of benzene rings is 1. The molecule has 1 aliphatic rings. The Hall–Kier alpha value is -3.50. The number of amides is 1. The molecule has 2 aromatic heterocycles. The Bertz CT molecular complexity index is 1070. The van der Waals surface area contributed by atoms with Gasteiger partial charge in [0.25, 0.3) is 5.91 Å². The molecule has 4 rings (SSSR count). The maximum atomic E-state index is 14.1. The third kappa shape index (κ3) is 2.58. The summed E-state index contributed by atoms with van der Waals surface area (Å²) >= 11 is 0. The fraction of sp³-hybridized carbons (Fsp3) is 0.125. The van der Waals surface area contributed by atoms with Crippen molar-refractivity contribution in [2.24, 2.45) is 0 Å². The minimum atomic E-state index is -1.73. The van der Waals surface area contributed by atoms with Crippen LogP contribution < -0.4 is 11.1 Å². The monoisotopic (exact) mass is 378 g/mol. The lowest BCUT2D eigenvalue weighted by Crippen LogP contribution is -2.35. The van der Waals surface area contributed by atoms with Gasteiger partial charge in [0.05, 0.1) is 17.8 Å². The molecule has 3 heterocycles. The number of nitrogens with two attached hydrogens (primary N) is 1. The van der Waals surface area contributed by atoms with E-state index in [0.717, 1.165) is 6.20 Å². The zero-order valence-corrected chi connectivity index (χ0v) is 13.4. The van der Waals surface area contributed by atoms with Crippen LogP contribution in [-0.2, 0) is 6.54 Å².